The molecule has 2 heteroatoms. The molecule has 0 saturated heterocycles. The minimum atomic E-state index is 0. The van der Waals surface area contributed by atoms with Crippen molar-refractivity contribution in [3.05, 3.63) is 0 Å². The molecule has 0 N–H and O–H groups in total. The van der Waals surface area contributed by atoms with Gasteiger partial charge < -0.3 is 6.22 Å². The quantitative estimate of drug-likeness (QED) is 0.418. The average molecular weight is 166 g/mol. The molecule has 0 rings (SSSR count). The standard InChI is InChI=1S/C9H18O.Na.H/c1-8(5-6-10)7-9(2,3)4;;/h6,8H,5,7H2,1-4H3;;/q;+1;-1. The monoisotopic (exact) mass is 166 g/mol. The molecule has 0 aliphatic rings. The van der Waals surface area contributed by atoms with E-state index in [1.165, 1.54) is 0 Å². The van der Waals surface area contributed by atoms with E-state index >= 15 is 0 Å². The number of hydrogen-bond donors (Lipinski definition) is 0. The molecule has 0 aromatic carbocycles. The van der Waals surface area contributed by atoms with Gasteiger partial charge in [-0.15, -0.1) is 0 Å². The molecule has 0 saturated carbocycles. The van der Waals surface area contributed by atoms with Crippen molar-refractivity contribution in [3.8, 4) is 0 Å². The number of carbonyl (C=O) groups excluding carboxylic acids is 1. The van der Waals surface area contributed by atoms with Gasteiger partial charge in [0.25, 0.3) is 0 Å². The van der Waals surface area contributed by atoms with Crippen LogP contribution in [0.3, 0.4) is 0 Å². The first-order chi connectivity index (χ1) is 4.45. The molecule has 1 unspecified atom stereocenters. The summed E-state index contributed by atoms with van der Waals surface area (Å²) >= 11 is 0. The Labute approximate surface area is 93.7 Å². The number of carbonyl (C=O) groups is 1. The van der Waals surface area contributed by atoms with Crippen molar-refractivity contribution < 1.29 is 35.8 Å². The Morgan fingerprint density at radius 1 is 1.45 bits per heavy atom. The zero-order chi connectivity index (χ0) is 8.20. The second-order valence-electron chi connectivity index (χ2n) is 4.27. The van der Waals surface area contributed by atoms with Crippen molar-refractivity contribution in [2.45, 2.75) is 40.5 Å². The predicted octanol–water partition coefficient (Wildman–Crippen LogP) is -0.236. The topological polar surface area (TPSA) is 17.1 Å². The van der Waals surface area contributed by atoms with Gasteiger partial charge in [-0.25, -0.2) is 0 Å². The Balaban J connectivity index is -0.000000405. The Morgan fingerprint density at radius 3 is 2.18 bits per heavy atom. The largest absolute Gasteiger partial charge is 1.00 e. The maximum absolute atomic E-state index is 10.1. The molecule has 0 spiro atoms. The molecule has 1 nitrogen and oxygen atoms in total. The maximum atomic E-state index is 10.1. The Morgan fingerprint density at radius 2 is 1.91 bits per heavy atom. The fourth-order valence-corrected chi connectivity index (χ4v) is 1.29. The van der Waals surface area contributed by atoms with Gasteiger partial charge in [-0.1, -0.05) is 27.7 Å². The van der Waals surface area contributed by atoms with Crippen LogP contribution >= 0.6 is 0 Å². The van der Waals surface area contributed by atoms with Crippen LogP contribution in [0, 0.1) is 11.3 Å². The SMILES string of the molecule is CC(CC=O)CC(C)(C)C.[H-].[Na+]. The van der Waals surface area contributed by atoms with Crippen molar-refractivity contribution >= 4 is 6.29 Å². The predicted molar refractivity (Wildman–Crippen MR) is 45.0 cm³/mol. The van der Waals surface area contributed by atoms with Crippen LogP contribution in [0.1, 0.15) is 42.0 Å². The van der Waals surface area contributed by atoms with E-state index in [9.17, 15) is 4.79 Å². The van der Waals surface area contributed by atoms with Crippen LogP contribution in [-0.4, -0.2) is 6.29 Å². The van der Waals surface area contributed by atoms with Crippen molar-refractivity contribution in [3.63, 3.8) is 0 Å². The summed E-state index contributed by atoms with van der Waals surface area (Å²) in [5, 5.41) is 0. The molecule has 11 heavy (non-hydrogen) atoms. The normalized spacial score (nSPS) is 13.5. The number of rotatable bonds is 3. The van der Waals surface area contributed by atoms with Crippen molar-refractivity contribution in [2.24, 2.45) is 11.3 Å². The van der Waals surface area contributed by atoms with Gasteiger partial charge in [-0.3, -0.25) is 0 Å². The minimum Gasteiger partial charge on any atom is -1.00 e. The fraction of sp³-hybridized carbons (Fsp3) is 0.889. The molecule has 62 valence electrons. The van der Waals surface area contributed by atoms with Crippen LogP contribution < -0.4 is 29.6 Å². The van der Waals surface area contributed by atoms with E-state index in [4.69, 9.17) is 0 Å². The summed E-state index contributed by atoms with van der Waals surface area (Å²) in [6, 6.07) is 0. The maximum Gasteiger partial charge on any atom is 1.00 e. The Bertz CT molecular complexity index is 110. The molecular formula is C9H19NaO. The molecule has 0 fully saturated rings. The van der Waals surface area contributed by atoms with Gasteiger partial charge in [-0.05, 0) is 17.8 Å². The van der Waals surface area contributed by atoms with E-state index in [0.29, 0.717) is 17.8 Å². The van der Waals surface area contributed by atoms with Gasteiger partial charge in [0.15, 0.2) is 0 Å². The third kappa shape index (κ3) is 10.7. The van der Waals surface area contributed by atoms with Crippen molar-refractivity contribution in [1.82, 2.24) is 0 Å². The number of hydrogen-bond acceptors (Lipinski definition) is 1. The smallest absolute Gasteiger partial charge is 1.00 e. The van der Waals surface area contributed by atoms with Gasteiger partial charge in [0.05, 0.1) is 0 Å². The fourth-order valence-electron chi connectivity index (χ4n) is 1.29. The molecule has 0 amide bonds. The summed E-state index contributed by atoms with van der Waals surface area (Å²) in [6.07, 6.45) is 2.85. The van der Waals surface area contributed by atoms with Gasteiger partial charge in [0.2, 0.25) is 0 Å². The van der Waals surface area contributed by atoms with Crippen LogP contribution in [0.15, 0.2) is 0 Å². The Kier molecular flexibility index (Phi) is 8.03. The summed E-state index contributed by atoms with van der Waals surface area (Å²) < 4.78 is 0. The first kappa shape index (κ1) is 14.2. The van der Waals surface area contributed by atoms with Crippen LogP contribution in [0.5, 0.6) is 0 Å². The summed E-state index contributed by atoms with van der Waals surface area (Å²) in [5.41, 5.74) is 0.364. The molecular weight excluding hydrogens is 147 g/mol. The zero-order valence-electron chi connectivity index (χ0n) is 9.48. The van der Waals surface area contributed by atoms with Crippen LogP contribution in [0.4, 0.5) is 0 Å². The third-order valence-corrected chi connectivity index (χ3v) is 1.46. The Hall–Kier alpha value is 0.670. The second kappa shape index (κ2) is 6.22. The summed E-state index contributed by atoms with van der Waals surface area (Å²) in [5.74, 6) is 0.539. The summed E-state index contributed by atoms with van der Waals surface area (Å²) in [7, 11) is 0. The molecule has 0 radical (unpaired) electrons. The van der Waals surface area contributed by atoms with Gasteiger partial charge >= 0.3 is 29.6 Å². The molecule has 0 bridgehead atoms. The average Bonchev–Trinajstić information content (AvgIpc) is 1.59. The second-order valence-corrected chi connectivity index (χ2v) is 4.27. The van der Waals surface area contributed by atoms with E-state index in [2.05, 4.69) is 27.7 Å². The minimum absolute atomic E-state index is 0. The zero-order valence-corrected chi connectivity index (χ0v) is 10.5. The van der Waals surface area contributed by atoms with E-state index in [0.717, 1.165) is 12.7 Å². The van der Waals surface area contributed by atoms with E-state index in [1.54, 1.807) is 0 Å². The third-order valence-electron chi connectivity index (χ3n) is 1.46. The van der Waals surface area contributed by atoms with Gasteiger partial charge in [-0.2, -0.15) is 0 Å². The first-order valence-corrected chi connectivity index (χ1v) is 3.89. The molecule has 0 heterocycles. The molecule has 0 aromatic rings. The van der Waals surface area contributed by atoms with Crippen LogP contribution in [-0.2, 0) is 4.79 Å². The van der Waals surface area contributed by atoms with Crippen molar-refractivity contribution in [1.29, 1.82) is 0 Å². The molecule has 0 aliphatic carbocycles. The van der Waals surface area contributed by atoms with E-state index in [1.807, 2.05) is 0 Å². The molecule has 0 aromatic heterocycles. The van der Waals surface area contributed by atoms with Gasteiger partial charge in [0, 0.05) is 6.42 Å². The summed E-state index contributed by atoms with van der Waals surface area (Å²) in [4.78, 5) is 10.1. The van der Waals surface area contributed by atoms with Crippen LogP contribution in [0.25, 0.3) is 0 Å². The molecule has 0 aliphatic heterocycles. The number of aldehydes is 1. The van der Waals surface area contributed by atoms with Crippen LogP contribution in [0.2, 0.25) is 0 Å². The summed E-state index contributed by atoms with van der Waals surface area (Å²) in [6.45, 7) is 8.73. The van der Waals surface area contributed by atoms with E-state index < -0.39 is 0 Å². The van der Waals surface area contributed by atoms with E-state index in [-0.39, 0.29) is 31.0 Å². The van der Waals surface area contributed by atoms with Crippen molar-refractivity contribution in [2.75, 3.05) is 0 Å². The van der Waals surface area contributed by atoms with Gasteiger partial charge in [0.1, 0.15) is 6.29 Å². The first-order valence-electron chi connectivity index (χ1n) is 3.89. The molecule has 1 atom stereocenters.